The van der Waals surface area contributed by atoms with Gasteiger partial charge in [-0.1, -0.05) is 0 Å². The Labute approximate surface area is 80.5 Å². The summed E-state index contributed by atoms with van der Waals surface area (Å²) < 4.78 is 13.5. The number of aromatic nitrogens is 2. The van der Waals surface area contributed by atoms with Crippen LogP contribution in [0.3, 0.4) is 0 Å². The van der Waals surface area contributed by atoms with Crippen LogP contribution in [0.5, 0.6) is 0 Å². The zero-order chi connectivity index (χ0) is 10.6. The Morgan fingerprint density at radius 1 is 1.79 bits per heavy atom. The second-order valence-electron chi connectivity index (χ2n) is 2.80. The maximum absolute atomic E-state index is 12.0. The van der Waals surface area contributed by atoms with E-state index in [9.17, 15) is 9.18 Å². The highest BCUT2D eigenvalue weighted by molar-refractivity contribution is 5.72. The standard InChI is InChI=1S/C8H12FN3O2/c1-6-7(10-5-8(13)14)4-11-12(6)3-2-9/h4,10H,2-3,5H2,1H3,(H,13,14). The van der Waals surface area contributed by atoms with Gasteiger partial charge in [0.25, 0.3) is 0 Å². The topological polar surface area (TPSA) is 67.2 Å². The van der Waals surface area contributed by atoms with E-state index < -0.39 is 12.6 Å². The van der Waals surface area contributed by atoms with Crippen molar-refractivity contribution in [3.05, 3.63) is 11.9 Å². The molecule has 78 valence electrons. The Balaban J connectivity index is 2.64. The van der Waals surface area contributed by atoms with Gasteiger partial charge in [-0.15, -0.1) is 0 Å². The second kappa shape index (κ2) is 4.59. The van der Waals surface area contributed by atoms with E-state index in [1.54, 1.807) is 6.92 Å². The van der Waals surface area contributed by atoms with Gasteiger partial charge < -0.3 is 10.4 Å². The number of aryl methyl sites for hydroxylation is 1. The van der Waals surface area contributed by atoms with Crippen molar-refractivity contribution in [2.45, 2.75) is 13.5 Å². The number of aliphatic carboxylic acids is 1. The van der Waals surface area contributed by atoms with Gasteiger partial charge in [0.1, 0.15) is 13.2 Å². The first-order valence-corrected chi connectivity index (χ1v) is 4.19. The van der Waals surface area contributed by atoms with E-state index in [4.69, 9.17) is 5.11 Å². The first kappa shape index (κ1) is 10.5. The molecule has 0 saturated carbocycles. The van der Waals surface area contributed by atoms with Gasteiger partial charge in [-0.25, -0.2) is 4.39 Å². The van der Waals surface area contributed by atoms with E-state index in [0.717, 1.165) is 5.69 Å². The predicted octanol–water partition coefficient (Wildman–Crippen LogP) is 0.658. The summed E-state index contributed by atoms with van der Waals surface area (Å²) in [5, 5.41) is 15.0. The van der Waals surface area contributed by atoms with Crippen LogP contribution in [-0.2, 0) is 11.3 Å². The van der Waals surface area contributed by atoms with Crippen LogP contribution in [0.1, 0.15) is 5.69 Å². The largest absolute Gasteiger partial charge is 0.480 e. The number of carboxylic acid groups (broad SMARTS) is 1. The second-order valence-corrected chi connectivity index (χ2v) is 2.80. The summed E-state index contributed by atoms with van der Waals surface area (Å²) >= 11 is 0. The van der Waals surface area contributed by atoms with Crippen molar-refractivity contribution >= 4 is 11.7 Å². The van der Waals surface area contributed by atoms with Crippen LogP contribution < -0.4 is 5.32 Å². The summed E-state index contributed by atoms with van der Waals surface area (Å²) in [5.74, 6) is -0.942. The fraction of sp³-hybridized carbons (Fsp3) is 0.500. The van der Waals surface area contributed by atoms with Gasteiger partial charge in [-0.2, -0.15) is 5.10 Å². The van der Waals surface area contributed by atoms with E-state index in [-0.39, 0.29) is 13.1 Å². The Morgan fingerprint density at radius 2 is 2.50 bits per heavy atom. The fourth-order valence-electron chi connectivity index (χ4n) is 1.10. The first-order valence-electron chi connectivity index (χ1n) is 4.19. The Hall–Kier alpha value is -1.59. The molecule has 14 heavy (non-hydrogen) atoms. The third-order valence-electron chi connectivity index (χ3n) is 1.83. The number of carbonyl (C=O) groups is 1. The number of hydrogen-bond donors (Lipinski definition) is 2. The number of nitrogens with zero attached hydrogens (tertiary/aromatic N) is 2. The molecule has 5 nitrogen and oxygen atoms in total. The van der Waals surface area contributed by atoms with Crippen LogP contribution in [0.25, 0.3) is 0 Å². The highest BCUT2D eigenvalue weighted by Crippen LogP contribution is 2.12. The van der Waals surface area contributed by atoms with Gasteiger partial charge in [-0.3, -0.25) is 9.48 Å². The molecule has 0 spiro atoms. The van der Waals surface area contributed by atoms with Crippen molar-refractivity contribution in [3.63, 3.8) is 0 Å². The summed E-state index contributed by atoms with van der Waals surface area (Å²) in [6, 6.07) is 0. The molecule has 0 radical (unpaired) electrons. The molecule has 1 heterocycles. The van der Waals surface area contributed by atoms with Gasteiger partial charge in [0.15, 0.2) is 0 Å². The lowest BCUT2D eigenvalue weighted by molar-refractivity contribution is -0.134. The minimum atomic E-state index is -0.942. The molecule has 0 amide bonds. The monoisotopic (exact) mass is 201 g/mol. The highest BCUT2D eigenvalue weighted by atomic mass is 19.1. The van der Waals surface area contributed by atoms with Crippen molar-refractivity contribution in [1.29, 1.82) is 0 Å². The van der Waals surface area contributed by atoms with Gasteiger partial charge >= 0.3 is 5.97 Å². The van der Waals surface area contributed by atoms with Gasteiger partial charge in [0, 0.05) is 0 Å². The van der Waals surface area contributed by atoms with E-state index >= 15 is 0 Å². The molecule has 0 aromatic carbocycles. The number of nitrogens with one attached hydrogen (secondary N) is 1. The molecular formula is C8H12FN3O2. The highest BCUT2D eigenvalue weighted by Gasteiger charge is 2.06. The molecule has 0 aliphatic rings. The smallest absolute Gasteiger partial charge is 0.322 e. The summed E-state index contributed by atoms with van der Waals surface area (Å²) in [6.07, 6.45) is 1.49. The molecule has 0 atom stereocenters. The summed E-state index contributed by atoms with van der Waals surface area (Å²) in [7, 11) is 0. The average Bonchev–Trinajstić information content (AvgIpc) is 2.46. The number of carboxylic acids is 1. The van der Waals surface area contributed by atoms with Crippen LogP contribution in [0.15, 0.2) is 6.20 Å². The zero-order valence-corrected chi connectivity index (χ0v) is 7.83. The van der Waals surface area contributed by atoms with Gasteiger partial charge in [0.05, 0.1) is 24.1 Å². The number of alkyl halides is 1. The molecule has 0 saturated heterocycles. The maximum atomic E-state index is 12.0. The van der Waals surface area contributed by atoms with Crippen molar-refractivity contribution in [2.75, 3.05) is 18.5 Å². The quantitative estimate of drug-likeness (QED) is 0.734. The van der Waals surface area contributed by atoms with Crippen LogP contribution in [-0.4, -0.2) is 34.1 Å². The number of halogens is 1. The SMILES string of the molecule is Cc1c(NCC(=O)O)cnn1CCF. The lowest BCUT2D eigenvalue weighted by atomic mass is 10.4. The maximum Gasteiger partial charge on any atom is 0.322 e. The minimum Gasteiger partial charge on any atom is -0.480 e. The van der Waals surface area contributed by atoms with Gasteiger partial charge in [0.2, 0.25) is 0 Å². The number of hydrogen-bond acceptors (Lipinski definition) is 3. The van der Waals surface area contributed by atoms with Crippen LogP contribution in [0, 0.1) is 6.92 Å². The third-order valence-corrected chi connectivity index (χ3v) is 1.83. The van der Waals surface area contributed by atoms with E-state index in [0.29, 0.717) is 5.69 Å². The summed E-state index contributed by atoms with van der Waals surface area (Å²) in [4.78, 5) is 10.3. The van der Waals surface area contributed by atoms with Crippen molar-refractivity contribution in [1.82, 2.24) is 9.78 Å². The molecule has 6 heteroatoms. The van der Waals surface area contributed by atoms with Crippen molar-refractivity contribution in [3.8, 4) is 0 Å². The lowest BCUT2D eigenvalue weighted by Crippen LogP contribution is -2.13. The summed E-state index contributed by atoms with van der Waals surface area (Å²) in [6.45, 7) is 1.30. The Bertz CT molecular complexity index is 324. The van der Waals surface area contributed by atoms with Crippen molar-refractivity contribution in [2.24, 2.45) is 0 Å². The van der Waals surface area contributed by atoms with Crippen LogP contribution in [0.2, 0.25) is 0 Å². The zero-order valence-electron chi connectivity index (χ0n) is 7.83. The van der Waals surface area contributed by atoms with Gasteiger partial charge in [-0.05, 0) is 6.92 Å². The van der Waals surface area contributed by atoms with Crippen LogP contribution >= 0.6 is 0 Å². The molecule has 0 bridgehead atoms. The van der Waals surface area contributed by atoms with E-state index in [2.05, 4.69) is 10.4 Å². The molecule has 0 fully saturated rings. The third kappa shape index (κ3) is 2.45. The number of rotatable bonds is 5. The average molecular weight is 201 g/mol. The minimum absolute atomic E-state index is 0.165. The number of anilines is 1. The molecule has 2 N–H and O–H groups in total. The molecule has 1 rings (SSSR count). The van der Waals surface area contributed by atoms with E-state index in [1.165, 1.54) is 10.9 Å². The Kier molecular flexibility index (Phi) is 3.44. The molecule has 0 aliphatic heterocycles. The molecule has 1 aromatic heterocycles. The molecule has 0 aliphatic carbocycles. The van der Waals surface area contributed by atoms with E-state index in [1.807, 2.05) is 0 Å². The normalized spacial score (nSPS) is 10.1. The molecular weight excluding hydrogens is 189 g/mol. The fourth-order valence-corrected chi connectivity index (χ4v) is 1.10. The van der Waals surface area contributed by atoms with Crippen LogP contribution in [0.4, 0.5) is 10.1 Å². The summed E-state index contributed by atoms with van der Waals surface area (Å²) in [5.41, 5.74) is 1.37. The molecule has 1 aromatic rings. The first-order chi connectivity index (χ1) is 6.65. The molecule has 0 unspecified atom stereocenters. The van der Waals surface area contributed by atoms with Crippen molar-refractivity contribution < 1.29 is 14.3 Å². The Morgan fingerprint density at radius 3 is 3.07 bits per heavy atom. The predicted molar refractivity (Wildman–Crippen MR) is 49.1 cm³/mol. The lowest BCUT2D eigenvalue weighted by Gasteiger charge is -2.03.